The van der Waals surface area contributed by atoms with E-state index in [4.69, 9.17) is 23.3 Å². The van der Waals surface area contributed by atoms with Gasteiger partial charge in [0, 0.05) is 43.1 Å². The molecule has 2 aliphatic rings. The highest BCUT2D eigenvalue weighted by atomic mass is 16.5. The number of carbonyl (C=O) groups excluding carboxylic acids is 1. The second-order valence-corrected chi connectivity index (χ2v) is 13.4. The Morgan fingerprint density at radius 3 is 1.78 bits per heavy atom. The Kier molecular flexibility index (Phi) is 18.8. The molecule has 1 saturated heterocycles. The molecule has 5 heterocycles. The fourth-order valence-corrected chi connectivity index (χ4v) is 5.62. The minimum Gasteiger partial charge on any atom is -0.467 e. The number of oxazole rings is 2. The number of piperidine rings is 1. The number of benzene rings is 3. The highest BCUT2D eigenvalue weighted by Gasteiger charge is 2.16. The second kappa shape index (κ2) is 23.9. The van der Waals surface area contributed by atoms with Crippen LogP contribution in [0.3, 0.4) is 0 Å². The van der Waals surface area contributed by atoms with Gasteiger partial charge < -0.3 is 28.2 Å². The predicted molar refractivity (Wildman–Crippen MR) is 233 cm³/mol. The summed E-state index contributed by atoms with van der Waals surface area (Å²) in [6, 6.07) is 29.5. The molecule has 0 amide bonds. The molecule has 1 N–H and O–H groups in total. The van der Waals surface area contributed by atoms with E-state index in [1.165, 1.54) is 44.5 Å². The number of aromatic nitrogens is 2. The maximum absolute atomic E-state index is 10.7. The molecule has 0 radical (unpaired) electrons. The molecule has 3 aromatic heterocycles. The Bertz CT molecular complexity index is 2380. The van der Waals surface area contributed by atoms with Crippen LogP contribution in [0.15, 0.2) is 132 Å². The lowest BCUT2D eigenvalue weighted by molar-refractivity contribution is 0.112. The van der Waals surface area contributed by atoms with Gasteiger partial charge in [-0.25, -0.2) is 9.97 Å². The third-order valence-electron chi connectivity index (χ3n) is 8.28. The summed E-state index contributed by atoms with van der Waals surface area (Å²) in [5.41, 5.74) is 5.95. The van der Waals surface area contributed by atoms with E-state index in [0.717, 1.165) is 51.2 Å². The van der Waals surface area contributed by atoms with Gasteiger partial charge in [-0.15, -0.1) is 0 Å². The third kappa shape index (κ3) is 15.1. The highest BCUT2D eigenvalue weighted by Crippen LogP contribution is 2.28. The van der Waals surface area contributed by atoms with Crippen LogP contribution in [-0.2, 0) is 11.2 Å². The molecule has 2 aliphatic heterocycles. The van der Waals surface area contributed by atoms with Crippen molar-refractivity contribution >= 4 is 39.7 Å². The fourth-order valence-electron chi connectivity index (χ4n) is 5.62. The SMILES string of the molecule is C.C1CCNCC1.CC1=CC(=C(C#N)c2nc3ccccc3o2)C=C(C)O1.CN(C)c1ccc(C=O)cc1.Cc1cc(=O)cc(C)o1.N#CCc1nc2ccccc2o1. The van der Waals surface area contributed by atoms with Crippen LogP contribution < -0.4 is 15.6 Å². The van der Waals surface area contributed by atoms with Crippen LogP contribution in [0.25, 0.3) is 27.8 Å². The van der Waals surface area contributed by atoms with Gasteiger partial charge in [0.1, 0.15) is 58.4 Å². The summed E-state index contributed by atoms with van der Waals surface area (Å²) in [5.74, 6) is 3.63. The molecule has 0 unspecified atom stereocenters. The predicted octanol–water partition coefficient (Wildman–Crippen LogP) is 10.1. The van der Waals surface area contributed by atoms with Gasteiger partial charge in [-0.2, -0.15) is 10.5 Å². The summed E-state index contributed by atoms with van der Waals surface area (Å²) >= 11 is 0. The van der Waals surface area contributed by atoms with Crippen LogP contribution >= 0.6 is 0 Å². The Morgan fingerprint density at radius 2 is 1.34 bits per heavy atom. The van der Waals surface area contributed by atoms with E-state index in [1.807, 2.05) is 112 Å². The normalized spacial score (nSPS) is 12.5. The number of allylic oxidation sites excluding steroid dienone is 6. The van der Waals surface area contributed by atoms with Crippen LogP contribution in [-0.4, -0.2) is 43.4 Å². The molecule has 0 bridgehead atoms. The number of nitrogens with one attached hydrogen (secondary N) is 1. The number of hydrogen-bond acceptors (Lipinski definition) is 12. The quantitative estimate of drug-likeness (QED) is 0.132. The minimum atomic E-state index is 0. The molecule has 59 heavy (non-hydrogen) atoms. The highest BCUT2D eigenvalue weighted by molar-refractivity contribution is 5.83. The Labute approximate surface area is 345 Å². The molecule has 8 rings (SSSR count). The van der Waals surface area contributed by atoms with Crippen molar-refractivity contribution in [3.8, 4) is 12.1 Å². The van der Waals surface area contributed by atoms with Crippen molar-refractivity contribution in [2.45, 2.75) is 60.8 Å². The third-order valence-corrected chi connectivity index (χ3v) is 8.28. The number of rotatable bonds is 4. The Hall–Kier alpha value is -7.02. The van der Waals surface area contributed by atoms with E-state index in [1.54, 1.807) is 26.0 Å². The van der Waals surface area contributed by atoms with Gasteiger partial charge in [0.2, 0.25) is 11.8 Å². The summed E-state index contributed by atoms with van der Waals surface area (Å²) in [4.78, 5) is 31.4. The molecule has 0 aliphatic carbocycles. The number of anilines is 1. The van der Waals surface area contributed by atoms with E-state index in [9.17, 15) is 14.9 Å². The number of carbonyl (C=O) groups is 1. The van der Waals surface area contributed by atoms with Gasteiger partial charge in [0.05, 0.1) is 6.07 Å². The number of aldehydes is 1. The Morgan fingerprint density at radius 1 is 0.780 bits per heavy atom. The summed E-state index contributed by atoms with van der Waals surface area (Å²) in [5, 5.41) is 21.1. The van der Waals surface area contributed by atoms with Gasteiger partial charge in [-0.1, -0.05) is 38.1 Å². The van der Waals surface area contributed by atoms with Gasteiger partial charge in [0.25, 0.3) is 0 Å². The summed E-state index contributed by atoms with van der Waals surface area (Å²) in [6.45, 7) is 9.71. The van der Waals surface area contributed by atoms with Gasteiger partial charge in [-0.3, -0.25) is 9.59 Å². The van der Waals surface area contributed by atoms with Crippen molar-refractivity contribution in [1.82, 2.24) is 15.3 Å². The van der Waals surface area contributed by atoms with E-state index < -0.39 is 0 Å². The van der Waals surface area contributed by atoms with Crippen LogP contribution in [0.4, 0.5) is 5.69 Å². The summed E-state index contributed by atoms with van der Waals surface area (Å²) in [7, 11) is 3.94. The van der Waals surface area contributed by atoms with E-state index >= 15 is 0 Å². The smallest absolute Gasteiger partial charge is 0.238 e. The van der Waals surface area contributed by atoms with Crippen LogP contribution in [0.2, 0.25) is 0 Å². The first-order chi connectivity index (χ1) is 28.0. The van der Waals surface area contributed by atoms with Crippen LogP contribution in [0.5, 0.6) is 0 Å². The molecule has 0 spiro atoms. The lowest BCUT2D eigenvalue weighted by atomic mass is 10.1. The van der Waals surface area contributed by atoms with Crippen LogP contribution in [0.1, 0.15) is 74.2 Å². The van der Waals surface area contributed by atoms with E-state index in [0.29, 0.717) is 34.5 Å². The molecular formula is C47H52N6O6. The summed E-state index contributed by atoms with van der Waals surface area (Å²) in [6.07, 6.45) is 8.90. The molecule has 12 nitrogen and oxygen atoms in total. The largest absolute Gasteiger partial charge is 0.467 e. The molecule has 1 fully saturated rings. The summed E-state index contributed by atoms with van der Waals surface area (Å²) < 4.78 is 21.4. The van der Waals surface area contributed by atoms with E-state index in [-0.39, 0.29) is 19.3 Å². The Balaban J connectivity index is 0.000000208. The molecular weight excluding hydrogens is 745 g/mol. The number of hydrogen-bond donors (Lipinski definition) is 1. The molecule has 3 aromatic carbocycles. The maximum atomic E-state index is 10.7. The first kappa shape index (κ1) is 46.4. The molecule has 0 atom stereocenters. The van der Waals surface area contributed by atoms with Crippen molar-refractivity contribution in [2.75, 3.05) is 32.1 Å². The van der Waals surface area contributed by atoms with Gasteiger partial charge in [-0.05, 0) is 114 Å². The first-order valence-electron chi connectivity index (χ1n) is 18.8. The lowest BCUT2D eigenvalue weighted by Gasteiger charge is -2.12. The number of nitriles is 2. The van der Waals surface area contributed by atoms with E-state index in [2.05, 4.69) is 21.4 Å². The number of nitrogens with zero attached hydrogens (tertiary/aromatic N) is 5. The second-order valence-electron chi connectivity index (χ2n) is 13.4. The first-order valence-corrected chi connectivity index (χ1v) is 18.8. The maximum Gasteiger partial charge on any atom is 0.238 e. The van der Waals surface area contributed by atoms with Gasteiger partial charge >= 0.3 is 0 Å². The topological polar surface area (TPSA) is 171 Å². The minimum absolute atomic E-state index is 0. The number of ether oxygens (including phenoxy) is 1. The average molecular weight is 797 g/mol. The zero-order valence-corrected chi connectivity index (χ0v) is 33.7. The van der Waals surface area contributed by atoms with Crippen molar-refractivity contribution in [1.29, 1.82) is 10.5 Å². The molecule has 6 aromatic rings. The molecule has 306 valence electrons. The van der Waals surface area contributed by atoms with Crippen molar-refractivity contribution in [3.05, 3.63) is 153 Å². The van der Waals surface area contributed by atoms with Crippen molar-refractivity contribution < 1.29 is 22.8 Å². The van der Waals surface area contributed by atoms with Crippen molar-refractivity contribution in [2.24, 2.45) is 0 Å². The number of aryl methyl sites for hydroxylation is 2. The zero-order valence-electron chi connectivity index (χ0n) is 33.7. The monoisotopic (exact) mass is 796 g/mol. The van der Waals surface area contributed by atoms with Crippen molar-refractivity contribution in [3.63, 3.8) is 0 Å². The fraction of sp³-hybridized carbons (Fsp3) is 0.277. The van der Waals surface area contributed by atoms with Gasteiger partial charge in [0.15, 0.2) is 16.6 Å². The lowest BCUT2D eigenvalue weighted by Crippen LogP contribution is -2.21. The standard InChI is InChI=1S/C16H12N2O2.C9H6N2O.C9H11NO.C7H8O2.C5H11N.CH4/c1-10-7-12(8-11(2)19-10)13(9-17)16-18-14-5-3-4-6-15(14)20-16;10-6-5-9-11-7-3-1-2-4-8(7)12-9;1-10(2)9-5-3-8(7-11)4-6-9;1-5-3-7(8)4-6(2)9-5;1-2-4-6-5-3-1;/h3-8H,1-2H3;1-4H,5H2;3-7H,1-2H3;3-4H,1-2H3;6H,1-5H2;1H4. The number of para-hydroxylation sites is 4. The molecule has 0 saturated carbocycles. The molecule has 12 heteroatoms. The average Bonchev–Trinajstić information content (AvgIpc) is 3.83. The zero-order chi connectivity index (χ0) is 41.9. The van der Waals surface area contributed by atoms with Crippen LogP contribution in [0, 0.1) is 36.5 Å². The number of fused-ring (bicyclic) bond motifs is 2.